The molecule has 1 amide bonds. The van der Waals surface area contributed by atoms with E-state index in [0.29, 0.717) is 0 Å². The highest BCUT2D eigenvalue weighted by Gasteiger charge is 2.17. The Morgan fingerprint density at radius 3 is 2.31 bits per heavy atom. The largest absolute Gasteiger partial charge is 0.316 e. The molecule has 4 nitrogen and oxygen atoms in total. The highest BCUT2D eigenvalue weighted by molar-refractivity contribution is 5.83. The third kappa shape index (κ3) is 2.59. The molecule has 0 aliphatic rings. The molecular weight excluding hydrogens is 202 g/mol. The second-order valence-corrected chi connectivity index (χ2v) is 4.01. The third-order valence-electron chi connectivity index (χ3n) is 2.75. The van der Waals surface area contributed by atoms with Crippen LogP contribution in [0.2, 0.25) is 0 Å². The van der Waals surface area contributed by atoms with Gasteiger partial charge in [-0.3, -0.25) is 10.2 Å². The maximum Gasteiger partial charge on any atom is 0.255 e. The Kier molecular flexibility index (Phi) is 4.04. The van der Waals surface area contributed by atoms with E-state index in [-0.39, 0.29) is 5.91 Å². The lowest BCUT2D eigenvalue weighted by Gasteiger charge is -2.16. The van der Waals surface area contributed by atoms with E-state index in [2.05, 4.69) is 16.9 Å². The number of hydrazine groups is 1. The summed E-state index contributed by atoms with van der Waals surface area (Å²) in [5.41, 5.74) is 15.2. The second-order valence-electron chi connectivity index (χ2n) is 4.01. The van der Waals surface area contributed by atoms with Gasteiger partial charge in [0.05, 0.1) is 0 Å². The fourth-order valence-corrected chi connectivity index (χ4v) is 1.66. The van der Waals surface area contributed by atoms with Gasteiger partial charge in [-0.2, -0.15) is 0 Å². The summed E-state index contributed by atoms with van der Waals surface area (Å²) in [6.45, 7) is 6.03. The lowest BCUT2D eigenvalue weighted by Crippen LogP contribution is -2.41. The number of carbonyl (C=O) groups excluding carboxylic acids is 1. The zero-order valence-electron chi connectivity index (χ0n) is 10.2. The molecule has 0 aliphatic carbocycles. The van der Waals surface area contributed by atoms with Crippen molar-refractivity contribution in [2.75, 3.05) is 7.05 Å². The fraction of sp³-hybridized carbons (Fsp3) is 0.417. The fourth-order valence-electron chi connectivity index (χ4n) is 1.66. The first-order chi connectivity index (χ1) is 7.47. The molecule has 0 heterocycles. The van der Waals surface area contributed by atoms with Crippen LogP contribution in [-0.4, -0.2) is 13.0 Å². The Balaban J connectivity index is 3.04. The third-order valence-corrected chi connectivity index (χ3v) is 2.75. The summed E-state index contributed by atoms with van der Waals surface area (Å²) in [6, 6.07) is 3.40. The van der Waals surface area contributed by atoms with Gasteiger partial charge in [-0.05, 0) is 43.0 Å². The van der Waals surface area contributed by atoms with Gasteiger partial charge in [0, 0.05) is 7.05 Å². The zero-order valence-corrected chi connectivity index (χ0v) is 10.2. The van der Waals surface area contributed by atoms with E-state index < -0.39 is 6.04 Å². The minimum atomic E-state index is -0.633. The van der Waals surface area contributed by atoms with Crippen LogP contribution < -0.4 is 16.6 Å². The number of nitrogens with two attached hydrogens (primary N) is 1. The molecule has 0 aromatic heterocycles. The average Bonchev–Trinajstić information content (AvgIpc) is 2.23. The summed E-state index contributed by atoms with van der Waals surface area (Å²) in [7, 11) is 1.64. The quantitative estimate of drug-likeness (QED) is 0.663. The molecule has 1 aromatic carbocycles. The minimum Gasteiger partial charge on any atom is -0.316 e. The number of benzene rings is 1. The van der Waals surface area contributed by atoms with Gasteiger partial charge < -0.3 is 5.73 Å². The average molecular weight is 221 g/mol. The maximum absolute atomic E-state index is 11.6. The highest BCUT2D eigenvalue weighted by atomic mass is 16.2. The monoisotopic (exact) mass is 221 g/mol. The van der Waals surface area contributed by atoms with Crippen LogP contribution in [0.5, 0.6) is 0 Å². The van der Waals surface area contributed by atoms with E-state index in [4.69, 9.17) is 5.73 Å². The van der Waals surface area contributed by atoms with Crippen LogP contribution in [0.1, 0.15) is 28.3 Å². The first kappa shape index (κ1) is 12.7. The molecule has 1 atom stereocenters. The van der Waals surface area contributed by atoms with Crippen molar-refractivity contribution in [1.82, 2.24) is 10.9 Å². The van der Waals surface area contributed by atoms with Crippen LogP contribution >= 0.6 is 0 Å². The molecule has 0 bridgehead atoms. The van der Waals surface area contributed by atoms with E-state index in [1.807, 2.05) is 26.8 Å². The molecule has 0 aliphatic heterocycles. The van der Waals surface area contributed by atoms with Gasteiger partial charge in [-0.1, -0.05) is 12.1 Å². The van der Waals surface area contributed by atoms with Crippen LogP contribution in [0.15, 0.2) is 12.1 Å². The predicted octanol–water partition coefficient (Wildman–Crippen LogP) is 0.862. The summed E-state index contributed by atoms with van der Waals surface area (Å²) in [4.78, 5) is 11.6. The molecule has 1 aromatic rings. The SMILES string of the molecule is CNNC(=O)C(N)c1cc(C)c(C)cc1C. The molecule has 0 fully saturated rings. The number of hydrogen-bond acceptors (Lipinski definition) is 3. The Morgan fingerprint density at radius 2 is 1.75 bits per heavy atom. The van der Waals surface area contributed by atoms with Crippen LogP contribution in [0.3, 0.4) is 0 Å². The summed E-state index contributed by atoms with van der Waals surface area (Å²) in [6.07, 6.45) is 0. The van der Waals surface area contributed by atoms with Crippen molar-refractivity contribution >= 4 is 5.91 Å². The molecule has 0 saturated heterocycles. The van der Waals surface area contributed by atoms with Crippen molar-refractivity contribution < 1.29 is 4.79 Å². The van der Waals surface area contributed by atoms with Crippen LogP contribution in [-0.2, 0) is 4.79 Å². The highest BCUT2D eigenvalue weighted by Crippen LogP contribution is 2.20. The number of amides is 1. The van der Waals surface area contributed by atoms with E-state index in [1.54, 1.807) is 7.05 Å². The van der Waals surface area contributed by atoms with Crippen molar-refractivity contribution in [2.24, 2.45) is 5.73 Å². The lowest BCUT2D eigenvalue weighted by atomic mass is 9.96. The molecule has 4 heteroatoms. The van der Waals surface area contributed by atoms with Gasteiger partial charge >= 0.3 is 0 Å². The summed E-state index contributed by atoms with van der Waals surface area (Å²) in [5.74, 6) is -0.228. The Bertz CT molecular complexity index is 401. The van der Waals surface area contributed by atoms with Crippen molar-refractivity contribution in [3.05, 3.63) is 34.4 Å². The number of carbonyl (C=O) groups is 1. The molecule has 4 N–H and O–H groups in total. The topological polar surface area (TPSA) is 67.1 Å². The van der Waals surface area contributed by atoms with Gasteiger partial charge in [0.25, 0.3) is 5.91 Å². The molecule has 1 unspecified atom stereocenters. The number of hydrogen-bond donors (Lipinski definition) is 3. The maximum atomic E-state index is 11.6. The number of aryl methyl sites for hydroxylation is 3. The molecular formula is C12H19N3O. The number of nitrogens with one attached hydrogen (secondary N) is 2. The van der Waals surface area contributed by atoms with Gasteiger partial charge in [-0.25, -0.2) is 5.43 Å². The van der Waals surface area contributed by atoms with Gasteiger partial charge in [0.15, 0.2) is 0 Å². The molecule has 0 spiro atoms. The van der Waals surface area contributed by atoms with Gasteiger partial charge in [0.1, 0.15) is 6.04 Å². The smallest absolute Gasteiger partial charge is 0.255 e. The van der Waals surface area contributed by atoms with Crippen molar-refractivity contribution in [2.45, 2.75) is 26.8 Å². The first-order valence-electron chi connectivity index (χ1n) is 5.27. The van der Waals surface area contributed by atoms with Gasteiger partial charge in [-0.15, -0.1) is 0 Å². The molecule has 16 heavy (non-hydrogen) atoms. The second kappa shape index (κ2) is 5.09. The predicted molar refractivity (Wildman–Crippen MR) is 64.8 cm³/mol. The molecule has 88 valence electrons. The van der Waals surface area contributed by atoms with Crippen molar-refractivity contribution in [3.63, 3.8) is 0 Å². The van der Waals surface area contributed by atoms with Crippen LogP contribution in [0.4, 0.5) is 0 Å². The van der Waals surface area contributed by atoms with Crippen molar-refractivity contribution in [1.29, 1.82) is 0 Å². The first-order valence-corrected chi connectivity index (χ1v) is 5.27. The summed E-state index contributed by atoms with van der Waals surface area (Å²) >= 11 is 0. The molecule has 0 radical (unpaired) electrons. The normalized spacial score (nSPS) is 12.3. The van der Waals surface area contributed by atoms with Crippen LogP contribution in [0, 0.1) is 20.8 Å². The molecule has 1 rings (SSSR count). The Hall–Kier alpha value is -1.39. The molecule has 0 saturated carbocycles. The standard InChI is InChI=1S/C12H19N3O/c1-7-5-9(3)10(6-8(7)2)11(13)12(16)15-14-4/h5-6,11,14H,13H2,1-4H3,(H,15,16). The van der Waals surface area contributed by atoms with Gasteiger partial charge in [0.2, 0.25) is 0 Å². The Labute approximate surface area is 96.2 Å². The lowest BCUT2D eigenvalue weighted by molar-refractivity contribution is -0.123. The van der Waals surface area contributed by atoms with E-state index >= 15 is 0 Å². The van der Waals surface area contributed by atoms with E-state index in [1.165, 1.54) is 5.56 Å². The Morgan fingerprint density at radius 1 is 1.19 bits per heavy atom. The van der Waals surface area contributed by atoms with E-state index in [0.717, 1.165) is 16.7 Å². The van der Waals surface area contributed by atoms with Crippen molar-refractivity contribution in [3.8, 4) is 0 Å². The zero-order chi connectivity index (χ0) is 12.3. The number of rotatable bonds is 3. The van der Waals surface area contributed by atoms with E-state index in [9.17, 15) is 4.79 Å². The summed E-state index contributed by atoms with van der Waals surface area (Å²) < 4.78 is 0. The summed E-state index contributed by atoms with van der Waals surface area (Å²) in [5, 5.41) is 0. The minimum absolute atomic E-state index is 0.228. The van der Waals surface area contributed by atoms with Crippen LogP contribution in [0.25, 0.3) is 0 Å².